The Morgan fingerprint density at radius 3 is 2.68 bits per heavy atom. The fourth-order valence-electron chi connectivity index (χ4n) is 2.11. The lowest BCUT2D eigenvalue weighted by molar-refractivity contribution is 0.474. The first-order valence-corrected chi connectivity index (χ1v) is 6.68. The van der Waals surface area contributed by atoms with Crippen molar-refractivity contribution >= 4 is 0 Å². The molecule has 0 aliphatic rings. The molecule has 0 aliphatic heterocycles. The average molecular weight is 259 g/mol. The summed E-state index contributed by atoms with van der Waals surface area (Å²) < 4.78 is 0. The molecule has 1 aromatic carbocycles. The maximum atomic E-state index is 9.25. The lowest BCUT2D eigenvalue weighted by Gasteiger charge is -2.14. The topological polar surface area (TPSA) is 60.9 Å². The van der Waals surface area contributed by atoms with Crippen LogP contribution in [-0.4, -0.2) is 21.8 Å². The van der Waals surface area contributed by atoms with E-state index in [-0.39, 0.29) is 0 Å². The Balaban J connectivity index is 1.73. The number of benzene rings is 1. The monoisotopic (exact) mass is 259 g/mol. The number of aromatic amines is 1. The Morgan fingerprint density at radius 2 is 2.05 bits per heavy atom. The summed E-state index contributed by atoms with van der Waals surface area (Å²) in [6, 6.07) is 7.65. The zero-order valence-electron chi connectivity index (χ0n) is 11.5. The van der Waals surface area contributed by atoms with Crippen molar-refractivity contribution in [2.75, 3.05) is 6.54 Å². The van der Waals surface area contributed by atoms with Crippen LogP contribution in [0.3, 0.4) is 0 Å². The number of aromatic nitrogens is 2. The molecule has 0 amide bonds. The number of hydrogen-bond donors (Lipinski definition) is 3. The molecule has 1 heterocycles. The van der Waals surface area contributed by atoms with Crippen LogP contribution in [0, 0.1) is 6.92 Å². The van der Waals surface area contributed by atoms with Crippen molar-refractivity contribution in [3.63, 3.8) is 0 Å². The molecule has 0 radical (unpaired) electrons. The van der Waals surface area contributed by atoms with E-state index in [1.807, 2.05) is 18.3 Å². The van der Waals surface area contributed by atoms with E-state index in [1.54, 1.807) is 12.1 Å². The summed E-state index contributed by atoms with van der Waals surface area (Å²) in [4.78, 5) is 0. The van der Waals surface area contributed by atoms with Crippen molar-refractivity contribution in [3.05, 3.63) is 47.3 Å². The number of nitrogens with zero attached hydrogens (tertiary/aromatic N) is 1. The van der Waals surface area contributed by atoms with E-state index in [0.29, 0.717) is 11.8 Å². The third-order valence-corrected chi connectivity index (χ3v) is 3.40. The molecule has 1 atom stereocenters. The van der Waals surface area contributed by atoms with Gasteiger partial charge in [0, 0.05) is 11.7 Å². The SMILES string of the molecule is Cc1[nH]ncc1CCCNC(C)c1ccc(O)cc1. The molecule has 1 aromatic heterocycles. The largest absolute Gasteiger partial charge is 0.508 e. The molecule has 0 bridgehead atoms. The van der Waals surface area contributed by atoms with Crippen LogP contribution in [0.25, 0.3) is 0 Å². The van der Waals surface area contributed by atoms with Gasteiger partial charge < -0.3 is 10.4 Å². The van der Waals surface area contributed by atoms with Crippen molar-refractivity contribution in [2.45, 2.75) is 32.7 Å². The first kappa shape index (κ1) is 13.6. The Labute approximate surface area is 113 Å². The van der Waals surface area contributed by atoms with Gasteiger partial charge in [-0.3, -0.25) is 5.10 Å². The minimum atomic E-state index is 0.297. The minimum Gasteiger partial charge on any atom is -0.508 e. The van der Waals surface area contributed by atoms with Crippen LogP contribution in [0.2, 0.25) is 0 Å². The second kappa shape index (κ2) is 6.38. The number of H-pyrrole nitrogens is 1. The van der Waals surface area contributed by atoms with Crippen LogP contribution in [0.4, 0.5) is 0 Å². The van der Waals surface area contributed by atoms with Crippen LogP contribution in [0.5, 0.6) is 5.75 Å². The Morgan fingerprint density at radius 1 is 1.32 bits per heavy atom. The van der Waals surface area contributed by atoms with E-state index >= 15 is 0 Å². The van der Waals surface area contributed by atoms with Gasteiger partial charge in [-0.25, -0.2) is 0 Å². The van der Waals surface area contributed by atoms with Gasteiger partial charge in [-0.2, -0.15) is 5.10 Å². The number of phenols is 1. The second-order valence-electron chi connectivity index (χ2n) is 4.89. The summed E-state index contributed by atoms with van der Waals surface area (Å²) in [5, 5.41) is 19.7. The predicted molar refractivity (Wildman–Crippen MR) is 76.2 cm³/mol. The van der Waals surface area contributed by atoms with Gasteiger partial charge in [0.25, 0.3) is 0 Å². The molecule has 102 valence electrons. The molecule has 19 heavy (non-hydrogen) atoms. The summed E-state index contributed by atoms with van der Waals surface area (Å²) in [7, 11) is 0. The van der Waals surface area contributed by atoms with E-state index in [1.165, 1.54) is 11.1 Å². The van der Waals surface area contributed by atoms with Gasteiger partial charge in [0.2, 0.25) is 0 Å². The molecule has 4 heteroatoms. The standard InChI is InChI=1S/C15H21N3O/c1-11(13-5-7-15(19)8-6-13)16-9-3-4-14-10-17-18-12(14)2/h5-8,10-11,16,19H,3-4,9H2,1-2H3,(H,17,18). The molecule has 0 saturated heterocycles. The maximum Gasteiger partial charge on any atom is 0.115 e. The van der Waals surface area contributed by atoms with Crippen LogP contribution in [0.15, 0.2) is 30.5 Å². The van der Waals surface area contributed by atoms with Crippen LogP contribution in [0.1, 0.15) is 36.2 Å². The van der Waals surface area contributed by atoms with Crippen molar-refractivity contribution in [2.24, 2.45) is 0 Å². The Kier molecular flexibility index (Phi) is 4.58. The van der Waals surface area contributed by atoms with Gasteiger partial charge in [0.1, 0.15) is 5.75 Å². The molecular formula is C15H21N3O. The predicted octanol–water partition coefficient (Wildman–Crippen LogP) is 2.71. The Bertz CT molecular complexity index is 504. The van der Waals surface area contributed by atoms with E-state index in [2.05, 4.69) is 29.4 Å². The van der Waals surface area contributed by atoms with Crippen LogP contribution < -0.4 is 5.32 Å². The quantitative estimate of drug-likeness (QED) is 0.699. The highest BCUT2D eigenvalue weighted by atomic mass is 16.3. The number of aryl methyl sites for hydroxylation is 2. The number of aromatic hydroxyl groups is 1. The number of rotatable bonds is 6. The molecule has 2 rings (SSSR count). The smallest absolute Gasteiger partial charge is 0.115 e. The molecule has 4 nitrogen and oxygen atoms in total. The van der Waals surface area contributed by atoms with Crippen molar-refractivity contribution < 1.29 is 5.11 Å². The molecule has 3 N–H and O–H groups in total. The summed E-state index contributed by atoms with van der Waals surface area (Å²) in [6.07, 6.45) is 4.03. The highest BCUT2D eigenvalue weighted by Crippen LogP contribution is 2.16. The highest BCUT2D eigenvalue weighted by Gasteiger charge is 2.05. The normalized spacial score (nSPS) is 12.5. The van der Waals surface area contributed by atoms with Crippen molar-refractivity contribution in [3.8, 4) is 5.75 Å². The first-order valence-electron chi connectivity index (χ1n) is 6.68. The average Bonchev–Trinajstić information content (AvgIpc) is 2.81. The second-order valence-corrected chi connectivity index (χ2v) is 4.89. The lowest BCUT2D eigenvalue weighted by atomic mass is 10.1. The number of nitrogens with one attached hydrogen (secondary N) is 2. The summed E-state index contributed by atoms with van der Waals surface area (Å²) in [5.74, 6) is 0.311. The van der Waals surface area contributed by atoms with E-state index < -0.39 is 0 Å². The zero-order valence-corrected chi connectivity index (χ0v) is 11.5. The molecule has 0 spiro atoms. The van der Waals surface area contributed by atoms with Gasteiger partial charge in [-0.05, 0) is 56.5 Å². The molecule has 2 aromatic rings. The van der Waals surface area contributed by atoms with Gasteiger partial charge in [0.15, 0.2) is 0 Å². The summed E-state index contributed by atoms with van der Waals surface area (Å²) in [5.41, 5.74) is 3.64. The maximum absolute atomic E-state index is 9.25. The van der Waals surface area contributed by atoms with Crippen LogP contribution >= 0.6 is 0 Å². The third-order valence-electron chi connectivity index (χ3n) is 3.40. The van der Waals surface area contributed by atoms with E-state index in [0.717, 1.165) is 25.1 Å². The molecule has 1 unspecified atom stereocenters. The summed E-state index contributed by atoms with van der Waals surface area (Å²) in [6.45, 7) is 5.15. The first-order chi connectivity index (χ1) is 9.16. The minimum absolute atomic E-state index is 0.297. The third kappa shape index (κ3) is 3.83. The number of phenolic OH excluding ortho intramolecular Hbond substituents is 1. The van der Waals surface area contributed by atoms with Gasteiger partial charge in [0.05, 0.1) is 6.20 Å². The number of hydrogen-bond acceptors (Lipinski definition) is 3. The lowest BCUT2D eigenvalue weighted by Crippen LogP contribution is -2.20. The van der Waals surface area contributed by atoms with Crippen molar-refractivity contribution in [1.82, 2.24) is 15.5 Å². The fourth-order valence-corrected chi connectivity index (χ4v) is 2.11. The van der Waals surface area contributed by atoms with Crippen LogP contribution in [-0.2, 0) is 6.42 Å². The van der Waals surface area contributed by atoms with E-state index in [4.69, 9.17) is 0 Å². The highest BCUT2D eigenvalue weighted by molar-refractivity contribution is 5.27. The zero-order chi connectivity index (χ0) is 13.7. The molecule has 0 aliphatic carbocycles. The molecular weight excluding hydrogens is 238 g/mol. The molecule has 0 saturated carbocycles. The van der Waals surface area contributed by atoms with Gasteiger partial charge in [-0.15, -0.1) is 0 Å². The fraction of sp³-hybridized carbons (Fsp3) is 0.400. The Hall–Kier alpha value is -1.81. The van der Waals surface area contributed by atoms with Crippen molar-refractivity contribution in [1.29, 1.82) is 0 Å². The van der Waals surface area contributed by atoms with Gasteiger partial charge >= 0.3 is 0 Å². The van der Waals surface area contributed by atoms with E-state index in [9.17, 15) is 5.11 Å². The van der Waals surface area contributed by atoms with Gasteiger partial charge in [-0.1, -0.05) is 12.1 Å². The summed E-state index contributed by atoms with van der Waals surface area (Å²) >= 11 is 0. The molecule has 0 fully saturated rings.